The molecule has 2 nitrogen and oxygen atoms in total. The molecule has 0 bridgehead atoms. The van der Waals surface area contributed by atoms with Crippen molar-refractivity contribution in [3.8, 4) is 12.3 Å². The molecule has 0 spiro atoms. The highest BCUT2D eigenvalue weighted by atomic mass is 32.2. The highest BCUT2D eigenvalue weighted by Crippen LogP contribution is 2.25. The summed E-state index contributed by atoms with van der Waals surface area (Å²) in [7, 11) is 0. The van der Waals surface area contributed by atoms with Crippen LogP contribution in [0.4, 0.5) is 0 Å². The number of nitrogens with two attached hydrogens (primary N) is 1. The van der Waals surface area contributed by atoms with Gasteiger partial charge in [0.05, 0.1) is 0 Å². The molecular formula is C10H18N2S. The Labute approximate surface area is 85.0 Å². The lowest BCUT2D eigenvalue weighted by Crippen LogP contribution is -2.55. The number of nitrogens with one attached hydrogen (secondary N) is 1. The van der Waals surface area contributed by atoms with Gasteiger partial charge in [-0.3, -0.25) is 0 Å². The van der Waals surface area contributed by atoms with Gasteiger partial charge in [0.2, 0.25) is 0 Å². The van der Waals surface area contributed by atoms with Gasteiger partial charge in [0.15, 0.2) is 0 Å². The Morgan fingerprint density at radius 3 is 3.00 bits per heavy atom. The van der Waals surface area contributed by atoms with Gasteiger partial charge in [0.1, 0.15) is 0 Å². The van der Waals surface area contributed by atoms with E-state index in [-0.39, 0.29) is 5.54 Å². The minimum atomic E-state index is 0.166. The molecule has 1 heterocycles. The average Bonchev–Trinajstić information content (AvgIpc) is 2.20. The van der Waals surface area contributed by atoms with Crippen molar-refractivity contribution in [2.75, 3.05) is 24.6 Å². The molecule has 3 N–H and O–H groups in total. The van der Waals surface area contributed by atoms with Crippen molar-refractivity contribution in [2.24, 2.45) is 5.73 Å². The first kappa shape index (κ1) is 10.9. The third kappa shape index (κ3) is 3.22. The van der Waals surface area contributed by atoms with Crippen LogP contribution in [0, 0.1) is 12.3 Å². The minimum Gasteiger partial charge on any atom is -0.329 e. The van der Waals surface area contributed by atoms with Crippen molar-refractivity contribution in [3.05, 3.63) is 0 Å². The van der Waals surface area contributed by atoms with Crippen LogP contribution in [0.1, 0.15) is 19.3 Å². The van der Waals surface area contributed by atoms with Crippen LogP contribution in [0.3, 0.4) is 0 Å². The molecule has 1 saturated heterocycles. The Bertz CT molecular complexity index is 180. The zero-order valence-electron chi connectivity index (χ0n) is 8.01. The monoisotopic (exact) mass is 198 g/mol. The molecule has 0 aromatic carbocycles. The van der Waals surface area contributed by atoms with Gasteiger partial charge in [-0.05, 0) is 18.6 Å². The Kier molecular flexibility index (Phi) is 4.65. The molecule has 1 fully saturated rings. The first-order valence-corrected chi connectivity index (χ1v) is 5.95. The van der Waals surface area contributed by atoms with Crippen LogP contribution in [-0.2, 0) is 0 Å². The summed E-state index contributed by atoms with van der Waals surface area (Å²) in [5, 5.41) is 3.50. The van der Waals surface area contributed by atoms with Crippen LogP contribution in [-0.4, -0.2) is 30.1 Å². The van der Waals surface area contributed by atoms with Gasteiger partial charge in [-0.1, -0.05) is 0 Å². The quantitative estimate of drug-likeness (QED) is 0.519. The van der Waals surface area contributed by atoms with Crippen LogP contribution < -0.4 is 11.1 Å². The second-order valence-corrected chi connectivity index (χ2v) is 4.63. The van der Waals surface area contributed by atoms with E-state index in [9.17, 15) is 0 Å². The predicted molar refractivity (Wildman–Crippen MR) is 59.8 cm³/mol. The van der Waals surface area contributed by atoms with E-state index >= 15 is 0 Å². The maximum atomic E-state index is 5.79. The molecule has 0 radical (unpaired) electrons. The van der Waals surface area contributed by atoms with Gasteiger partial charge < -0.3 is 11.1 Å². The standard InChI is InChI=1S/C10H18N2S/c1-2-3-6-12-10(8-11)5-4-7-13-9-10/h1,12H,3-9,11H2. The topological polar surface area (TPSA) is 38.0 Å². The third-order valence-corrected chi connectivity index (χ3v) is 3.82. The van der Waals surface area contributed by atoms with E-state index in [4.69, 9.17) is 12.2 Å². The van der Waals surface area contributed by atoms with Crippen molar-refractivity contribution in [2.45, 2.75) is 24.8 Å². The fourth-order valence-corrected chi connectivity index (χ4v) is 2.87. The normalized spacial score (nSPS) is 28.3. The molecule has 1 aliphatic rings. The van der Waals surface area contributed by atoms with Crippen molar-refractivity contribution in [3.63, 3.8) is 0 Å². The molecule has 0 aliphatic carbocycles. The molecule has 1 rings (SSSR count). The molecule has 0 amide bonds. The lowest BCUT2D eigenvalue weighted by molar-refractivity contribution is 0.342. The summed E-state index contributed by atoms with van der Waals surface area (Å²) in [5.74, 6) is 5.05. The Balaban J connectivity index is 2.34. The number of thioether (sulfide) groups is 1. The molecule has 0 saturated carbocycles. The van der Waals surface area contributed by atoms with Gasteiger partial charge in [0.25, 0.3) is 0 Å². The molecule has 13 heavy (non-hydrogen) atoms. The van der Waals surface area contributed by atoms with E-state index in [1.54, 1.807) is 0 Å². The Morgan fingerprint density at radius 1 is 1.62 bits per heavy atom. The van der Waals surface area contributed by atoms with E-state index in [1.165, 1.54) is 18.6 Å². The highest BCUT2D eigenvalue weighted by molar-refractivity contribution is 7.99. The predicted octanol–water partition coefficient (Wildman–Crippen LogP) is 0.824. The SMILES string of the molecule is C#CCCNC1(CN)CCCSC1. The lowest BCUT2D eigenvalue weighted by atomic mass is 9.95. The molecular weight excluding hydrogens is 180 g/mol. The molecule has 74 valence electrons. The first-order chi connectivity index (χ1) is 6.33. The molecule has 1 unspecified atom stereocenters. The number of hydrogen-bond donors (Lipinski definition) is 2. The van der Waals surface area contributed by atoms with Gasteiger partial charge in [-0.25, -0.2) is 0 Å². The smallest absolute Gasteiger partial charge is 0.0395 e. The van der Waals surface area contributed by atoms with Crippen molar-refractivity contribution >= 4 is 11.8 Å². The summed E-state index contributed by atoms with van der Waals surface area (Å²) in [6, 6.07) is 0. The zero-order chi connectivity index (χ0) is 9.57. The van der Waals surface area contributed by atoms with Gasteiger partial charge in [-0.15, -0.1) is 12.3 Å². The van der Waals surface area contributed by atoms with Gasteiger partial charge in [-0.2, -0.15) is 11.8 Å². The summed E-state index contributed by atoms with van der Waals surface area (Å²) in [5.41, 5.74) is 5.96. The number of hydrogen-bond acceptors (Lipinski definition) is 3. The molecule has 1 atom stereocenters. The second-order valence-electron chi connectivity index (χ2n) is 3.52. The summed E-state index contributed by atoms with van der Waals surface area (Å²) in [4.78, 5) is 0. The second kappa shape index (κ2) is 5.54. The number of rotatable bonds is 4. The van der Waals surface area contributed by atoms with Crippen LogP contribution in [0.2, 0.25) is 0 Å². The average molecular weight is 198 g/mol. The van der Waals surface area contributed by atoms with E-state index in [2.05, 4.69) is 11.2 Å². The van der Waals surface area contributed by atoms with Crippen LogP contribution in [0.5, 0.6) is 0 Å². The fraction of sp³-hybridized carbons (Fsp3) is 0.800. The minimum absolute atomic E-state index is 0.166. The fourth-order valence-electron chi connectivity index (χ4n) is 1.62. The first-order valence-electron chi connectivity index (χ1n) is 4.79. The van der Waals surface area contributed by atoms with E-state index in [1.807, 2.05) is 11.8 Å². The largest absolute Gasteiger partial charge is 0.329 e. The molecule has 0 aromatic heterocycles. The van der Waals surface area contributed by atoms with E-state index in [0.717, 1.165) is 25.3 Å². The van der Waals surface area contributed by atoms with E-state index in [0.29, 0.717) is 0 Å². The summed E-state index contributed by atoms with van der Waals surface area (Å²) >= 11 is 1.99. The molecule has 1 aliphatic heterocycles. The maximum absolute atomic E-state index is 5.79. The number of terminal acetylenes is 1. The maximum Gasteiger partial charge on any atom is 0.0395 e. The Morgan fingerprint density at radius 2 is 2.46 bits per heavy atom. The van der Waals surface area contributed by atoms with Crippen LogP contribution >= 0.6 is 11.8 Å². The zero-order valence-corrected chi connectivity index (χ0v) is 8.83. The summed E-state index contributed by atoms with van der Waals surface area (Å²) in [6.07, 6.45) is 8.46. The lowest BCUT2D eigenvalue weighted by Gasteiger charge is -2.36. The molecule has 3 heteroatoms. The van der Waals surface area contributed by atoms with Crippen molar-refractivity contribution in [1.29, 1.82) is 0 Å². The van der Waals surface area contributed by atoms with E-state index < -0.39 is 0 Å². The third-order valence-electron chi connectivity index (χ3n) is 2.48. The summed E-state index contributed by atoms with van der Waals surface area (Å²) < 4.78 is 0. The summed E-state index contributed by atoms with van der Waals surface area (Å²) in [6.45, 7) is 1.62. The van der Waals surface area contributed by atoms with Gasteiger partial charge in [0, 0.05) is 30.8 Å². The molecule has 0 aromatic rings. The van der Waals surface area contributed by atoms with Crippen molar-refractivity contribution in [1.82, 2.24) is 5.32 Å². The van der Waals surface area contributed by atoms with Crippen LogP contribution in [0.25, 0.3) is 0 Å². The van der Waals surface area contributed by atoms with Crippen molar-refractivity contribution < 1.29 is 0 Å². The Hall–Kier alpha value is -0.170. The highest BCUT2D eigenvalue weighted by Gasteiger charge is 2.29. The van der Waals surface area contributed by atoms with Gasteiger partial charge >= 0.3 is 0 Å². The van der Waals surface area contributed by atoms with Crippen LogP contribution in [0.15, 0.2) is 0 Å².